The molecule has 0 unspecified atom stereocenters. The van der Waals surface area contributed by atoms with Crippen molar-refractivity contribution in [1.29, 1.82) is 0 Å². The molecule has 3 rings (SSSR count). The Hall–Kier alpha value is -1.33. The average molecular weight is 294 g/mol. The van der Waals surface area contributed by atoms with Gasteiger partial charge < -0.3 is 5.73 Å². The lowest BCUT2D eigenvalue weighted by molar-refractivity contribution is 0.509. The van der Waals surface area contributed by atoms with E-state index in [1.807, 2.05) is 0 Å². The summed E-state index contributed by atoms with van der Waals surface area (Å²) in [4.78, 5) is 5.69. The summed E-state index contributed by atoms with van der Waals surface area (Å²) in [6.45, 7) is 0.383. The Morgan fingerprint density at radius 1 is 1.20 bits per heavy atom. The molecule has 1 heterocycles. The van der Waals surface area contributed by atoms with Crippen molar-refractivity contribution in [2.24, 2.45) is 5.73 Å². The number of hydrogen-bond acceptors (Lipinski definition) is 3. The van der Waals surface area contributed by atoms with Crippen LogP contribution in [0.25, 0.3) is 11.3 Å². The maximum absolute atomic E-state index is 13.4. The van der Waals surface area contributed by atoms with Gasteiger partial charge in [-0.25, -0.2) is 13.8 Å². The lowest BCUT2D eigenvalue weighted by Crippen LogP contribution is -1.95. The van der Waals surface area contributed by atoms with Gasteiger partial charge in [-0.1, -0.05) is 12.8 Å². The van der Waals surface area contributed by atoms with E-state index in [2.05, 4.69) is 4.98 Å². The third kappa shape index (κ3) is 2.47. The fourth-order valence-corrected chi connectivity index (χ4v) is 3.92. The van der Waals surface area contributed by atoms with Crippen molar-refractivity contribution in [1.82, 2.24) is 4.98 Å². The van der Waals surface area contributed by atoms with Gasteiger partial charge >= 0.3 is 0 Å². The van der Waals surface area contributed by atoms with Crippen LogP contribution in [-0.2, 0) is 6.54 Å². The third-order valence-electron chi connectivity index (χ3n) is 3.79. The maximum atomic E-state index is 13.4. The number of aromatic nitrogens is 1. The van der Waals surface area contributed by atoms with Crippen molar-refractivity contribution in [2.75, 3.05) is 0 Å². The molecule has 1 saturated carbocycles. The zero-order chi connectivity index (χ0) is 14.1. The van der Waals surface area contributed by atoms with E-state index >= 15 is 0 Å². The van der Waals surface area contributed by atoms with E-state index in [0.717, 1.165) is 29.6 Å². The molecule has 1 fully saturated rings. The van der Waals surface area contributed by atoms with Crippen LogP contribution >= 0.6 is 11.3 Å². The molecule has 0 saturated heterocycles. The van der Waals surface area contributed by atoms with Gasteiger partial charge in [0.2, 0.25) is 0 Å². The average Bonchev–Trinajstić information content (AvgIpc) is 3.09. The van der Waals surface area contributed by atoms with Gasteiger partial charge in [0.15, 0.2) is 11.6 Å². The van der Waals surface area contributed by atoms with Gasteiger partial charge in [-0.3, -0.25) is 0 Å². The summed E-state index contributed by atoms with van der Waals surface area (Å²) in [5, 5.41) is 0.853. The normalized spacial score (nSPS) is 15.9. The summed E-state index contributed by atoms with van der Waals surface area (Å²) < 4.78 is 26.5. The quantitative estimate of drug-likeness (QED) is 0.921. The second kappa shape index (κ2) is 5.58. The highest BCUT2D eigenvalue weighted by Crippen LogP contribution is 2.42. The van der Waals surface area contributed by atoms with Crippen molar-refractivity contribution in [3.63, 3.8) is 0 Å². The van der Waals surface area contributed by atoms with Gasteiger partial charge in [0.05, 0.1) is 5.69 Å². The summed E-state index contributed by atoms with van der Waals surface area (Å²) in [5.41, 5.74) is 7.10. The minimum atomic E-state index is -0.831. The first-order valence-corrected chi connectivity index (χ1v) is 7.65. The minimum absolute atomic E-state index is 0.383. The van der Waals surface area contributed by atoms with Gasteiger partial charge in [0, 0.05) is 17.0 Å². The minimum Gasteiger partial charge on any atom is -0.325 e. The van der Waals surface area contributed by atoms with Crippen LogP contribution in [0.5, 0.6) is 0 Å². The molecule has 106 valence electrons. The largest absolute Gasteiger partial charge is 0.325 e. The molecule has 0 radical (unpaired) electrons. The van der Waals surface area contributed by atoms with Crippen LogP contribution in [0.4, 0.5) is 8.78 Å². The van der Waals surface area contributed by atoms with Crippen LogP contribution < -0.4 is 5.73 Å². The number of halogens is 2. The van der Waals surface area contributed by atoms with Crippen molar-refractivity contribution < 1.29 is 8.78 Å². The smallest absolute Gasteiger partial charge is 0.159 e. The van der Waals surface area contributed by atoms with E-state index < -0.39 is 11.6 Å². The number of thiazole rings is 1. The van der Waals surface area contributed by atoms with Gasteiger partial charge in [0.1, 0.15) is 5.01 Å². The van der Waals surface area contributed by atoms with Crippen molar-refractivity contribution >= 4 is 11.3 Å². The summed E-state index contributed by atoms with van der Waals surface area (Å²) in [7, 11) is 0. The van der Waals surface area contributed by atoms with E-state index in [9.17, 15) is 8.78 Å². The fourth-order valence-electron chi connectivity index (χ4n) is 2.78. The Labute approximate surface area is 120 Å². The highest BCUT2D eigenvalue weighted by molar-refractivity contribution is 7.12. The summed E-state index contributed by atoms with van der Waals surface area (Å²) in [5.74, 6) is -1.18. The standard InChI is InChI=1S/C15H16F2N2S/c16-11-6-5-10(7-12(11)17)14-15(9-3-1-2-4-9)20-13(8-18)19-14/h5-7,9H,1-4,8,18H2. The van der Waals surface area contributed by atoms with E-state index in [1.54, 1.807) is 17.4 Å². The molecule has 0 bridgehead atoms. The Bertz CT molecular complexity index is 618. The van der Waals surface area contributed by atoms with E-state index in [4.69, 9.17) is 5.73 Å². The van der Waals surface area contributed by atoms with E-state index in [-0.39, 0.29) is 0 Å². The van der Waals surface area contributed by atoms with Gasteiger partial charge in [-0.2, -0.15) is 0 Å². The molecule has 2 nitrogen and oxygen atoms in total. The number of hydrogen-bond donors (Lipinski definition) is 1. The molecule has 0 atom stereocenters. The van der Waals surface area contributed by atoms with Crippen LogP contribution in [0.1, 0.15) is 41.5 Å². The second-order valence-electron chi connectivity index (χ2n) is 5.13. The zero-order valence-corrected chi connectivity index (χ0v) is 11.9. The molecule has 2 aromatic rings. The van der Waals surface area contributed by atoms with E-state index in [1.165, 1.54) is 23.8 Å². The van der Waals surface area contributed by atoms with Crippen LogP contribution in [0, 0.1) is 11.6 Å². The fraction of sp³-hybridized carbons (Fsp3) is 0.400. The van der Waals surface area contributed by atoms with Crippen LogP contribution in [0.3, 0.4) is 0 Å². The summed E-state index contributed by atoms with van der Waals surface area (Å²) in [6, 6.07) is 3.97. The van der Waals surface area contributed by atoms with Gasteiger partial charge in [-0.15, -0.1) is 11.3 Å². The molecule has 2 N–H and O–H groups in total. The molecule has 1 aliphatic rings. The Balaban J connectivity index is 2.06. The second-order valence-corrected chi connectivity index (χ2v) is 6.25. The summed E-state index contributed by atoms with van der Waals surface area (Å²) >= 11 is 1.61. The molecule has 1 aromatic heterocycles. The Morgan fingerprint density at radius 3 is 2.60 bits per heavy atom. The van der Waals surface area contributed by atoms with Crippen molar-refractivity contribution in [3.8, 4) is 11.3 Å². The molecule has 0 amide bonds. The van der Waals surface area contributed by atoms with Crippen LogP contribution in [-0.4, -0.2) is 4.98 Å². The first-order chi connectivity index (χ1) is 9.69. The summed E-state index contributed by atoms with van der Waals surface area (Å²) in [6.07, 6.45) is 4.72. The molecule has 0 spiro atoms. The Morgan fingerprint density at radius 2 is 1.95 bits per heavy atom. The first-order valence-electron chi connectivity index (χ1n) is 6.84. The van der Waals surface area contributed by atoms with E-state index in [0.29, 0.717) is 18.0 Å². The number of nitrogens with two attached hydrogens (primary N) is 1. The SMILES string of the molecule is NCc1nc(-c2ccc(F)c(F)c2)c(C2CCCC2)s1. The van der Waals surface area contributed by atoms with Crippen LogP contribution in [0.15, 0.2) is 18.2 Å². The maximum Gasteiger partial charge on any atom is 0.159 e. The lowest BCUT2D eigenvalue weighted by Gasteiger charge is -2.09. The molecule has 1 aliphatic carbocycles. The molecule has 1 aromatic carbocycles. The van der Waals surface area contributed by atoms with Gasteiger partial charge in [-0.05, 0) is 37.0 Å². The first kappa shape index (κ1) is 13.6. The Kier molecular flexibility index (Phi) is 3.81. The molecule has 20 heavy (non-hydrogen) atoms. The highest BCUT2D eigenvalue weighted by atomic mass is 32.1. The third-order valence-corrected chi connectivity index (χ3v) is 5.03. The molecule has 0 aliphatic heterocycles. The number of rotatable bonds is 3. The van der Waals surface area contributed by atoms with Crippen molar-refractivity contribution in [2.45, 2.75) is 38.1 Å². The topological polar surface area (TPSA) is 38.9 Å². The van der Waals surface area contributed by atoms with Crippen LogP contribution in [0.2, 0.25) is 0 Å². The predicted molar refractivity (Wildman–Crippen MR) is 76.6 cm³/mol. The molecular formula is C15H16F2N2S. The lowest BCUT2D eigenvalue weighted by atomic mass is 10.0. The number of nitrogens with zero attached hydrogens (tertiary/aromatic N) is 1. The molecule has 5 heteroatoms. The van der Waals surface area contributed by atoms with Gasteiger partial charge in [0.25, 0.3) is 0 Å². The zero-order valence-electron chi connectivity index (χ0n) is 11.0. The highest BCUT2D eigenvalue weighted by Gasteiger charge is 2.24. The predicted octanol–water partition coefficient (Wildman–Crippen LogP) is 4.20. The number of benzene rings is 1. The monoisotopic (exact) mass is 294 g/mol. The van der Waals surface area contributed by atoms with Crippen molar-refractivity contribution in [3.05, 3.63) is 39.7 Å². The molecular weight excluding hydrogens is 278 g/mol.